The number of hydrogen-bond donors (Lipinski definition) is 7. The average molecular weight is 684 g/mol. The summed E-state index contributed by atoms with van der Waals surface area (Å²) in [5, 5.41) is 68.9. The van der Waals surface area contributed by atoms with Crippen LogP contribution in [0.1, 0.15) is 67.8 Å². The number of Topliss-reactive ketones (excluding diaryl/α,β-unsaturated/α-hetero) is 1. The molecule has 1 amide bonds. The van der Waals surface area contributed by atoms with E-state index in [-0.39, 0.29) is 34.1 Å². The Bertz CT molecular complexity index is 1750. The minimum Gasteiger partial charge on any atom is -0.507 e. The molecule has 3 aliphatic heterocycles. The standard InChI is InChI=1S/C36H45NO12/c1-15-10-9-11-16(2)35(46)37-26-21(14-38)31(43)23-24(32(26)44)30(42)20(6)33-25(23)34(45)36(7,49-33)48-13-12-22(47-8)17(3)28(40)19(5)29(41)18(4)27(15)39/h9-15,17-19,22,27-29,39-44H,1-8H3,(H,37,46)/t15-,17+,18+,19-,22-,27-,28+,29+,36-/m0/s1. The van der Waals surface area contributed by atoms with E-state index in [0.717, 1.165) is 6.26 Å². The van der Waals surface area contributed by atoms with Crippen LogP contribution >= 0.6 is 0 Å². The third-order valence-electron chi connectivity index (χ3n) is 9.89. The van der Waals surface area contributed by atoms with E-state index in [1.54, 1.807) is 33.8 Å². The number of carbonyl (C=O) groups is 3. The highest BCUT2D eigenvalue weighted by atomic mass is 16.7. The lowest BCUT2D eigenvalue weighted by Gasteiger charge is -2.36. The number of rotatable bonds is 2. The molecule has 266 valence electrons. The Labute approximate surface area is 284 Å². The Hall–Kier alpha value is -4.43. The van der Waals surface area contributed by atoms with E-state index < -0.39 is 99.5 Å². The molecule has 0 spiro atoms. The predicted octanol–water partition coefficient (Wildman–Crippen LogP) is 4.00. The van der Waals surface area contributed by atoms with Crippen LogP contribution in [0.15, 0.2) is 36.1 Å². The van der Waals surface area contributed by atoms with Gasteiger partial charge in [0.1, 0.15) is 17.2 Å². The fourth-order valence-electron chi connectivity index (χ4n) is 6.47. The number of nitrogens with one attached hydrogen (secondary N) is 1. The summed E-state index contributed by atoms with van der Waals surface area (Å²) >= 11 is 0. The number of carbonyl (C=O) groups excluding carboxylic acids is 3. The summed E-state index contributed by atoms with van der Waals surface area (Å²) in [7, 11) is 1.41. The summed E-state index contributed by atoms with van der Waals surface area (Å²) in [5.74, 6) is -8.42. The van der Waals surface area contributed by atoms with Gasteiger partial charge in [-0.2, -0.15) is 0 Å². The molecule has 2 aromatic carbocycles. The number of aromatic hydroxyl groups is 3. The molecule has 5 rings (SSSR count). The van der Waals surface area contributed by atoms with Crippen LogP contribution in [-0.4, -0.2) is 85.9 Å². The molecule has 3 heterocycles. The molecule has 13 nitrogen and oxygen atoms in total. The number of anilines is 1. The number of ketones is 1. The zero-order valence-corrected chi connectivity index (χ0v) is 28.7. The molecule has 3 aliphatic rings. The summed E-state index contributed by atoms with van der Waals surface area (Å²) in [4.78, 5) is 39.4. The highest BCUT2D eigenvalue weighted by Crippen LogP contribution is 2.55. The molecule has 2 aromatic rings. The van der Waals surface area contributed by atoms with Crippen molar-refractivity contribution in [3.8, 4) is 23.0 Å². The molecular weight excluding hydrogens is 638 g/mol. The van der Waals surface area contributed by atoms with Gasteiger partial charge >= 0.3 is 5.79 Å². The van der Waals surface area contributed by atoms with E-state index >= 15 is 0 Å². The van der Waals surface area contributed by atoms with E-state index in [2.05, 4.69) is 5.32 Å². The zero-order chi connectivity index (χ0) is 36.7. The van der Waals surface area contributed by atoms with Crippen molar-refractivity contribution in [1.29, 1.82) is 0 Å². The first-order valence-electron chi connectivity index (χ1n) is 16.0. The fraction of sp³-hybridized carbons (Fsp3) is 0.472. The quantitative estimate of drug-likeness (QED) is 0.136. The Morgan fingerprint density at radius 3 is 2.10 bits per heavy atom. The van der Waals surface area contributed by atoms with Crippen LogP contribution in [0.4, 0.5) is 5.69 Å². The zero-order valence-electron chi connectivity index (χ0n) is 28.7. The van der Waals surface area contributed by atoms with Gasteiger partial charge in [-0.1, -0.05) is 45.9 Å². The van der Waals surface area contributed by atoms with Gasteiger partial charge in [0.15, 0.2) is 12.0 Å². The van der Waals surface area contributed by atoms with Crippen LogP contribution in [0, 0.1) is 30.6 Å². The van der Waals surface area contributed by atoms with Gasteiger partial charge in [0.25, 0.3) is 11.7 Å². The molecule has 0 fully saturated rings. The van der Waals surface area contributed by atoms with Gasteiger partial charge in [-0.3, -0.25) is 14.4 Å². The van der Waals surface area contributed by atoms with Crippen LogP contribution in [0.3, 0.4) is 0 Å². The smallest absolute Gasteiger partial charge is 0.312 e. The molecule has 49 heavy (non-hydrogen) atoms. The summed E-state index contributed by atoms with van der Waals surface area (Å²) in [6.45, 7) is 10.9. The molecule has 13 heteroatoms. The number of phenolic OH excluding ortho intramolecular Hbond substituents is 3. The van der Waals surface area contributed by atoms with Crippen molar-refractivity contribution in [2.45, 2.75) is 78.7 Å². The Kier molecular flexibility index (Phi) is 10.8. The van der Waals surface area contributed by atoms with Crippen molar-refractivity contribution in [2.75, 3.05) is 12.4 Å². The summed E-state index contributed by atoms with van der Waals surface area (Å²) < 4.78 is 17.3. The number of ether oxygens (including phenoxy) is 3. The molecule has 0 radical (unpaired) electrons. The second-order valence-corrected chi connectivity index (χ2v) is 13.2. The lowest BCUT2D eigenvalue weighted by Crippen LogP contribution is -2.44. The first kappa shape index (κ1) is 37.4. The van der Waals surface area contributed by atoms with Crippen LogP contribution in [0.5, 0.6) is 23.0 Å². The van der Waals surface area contributed by atoms with Crippen molar-refractivity contribution in [1.82, 2.24) is 0 Å². The largest absolute Gasteiger partial charge is 0.507 e. The lowest BCUT2D eigenvalue weighted by atomic mass is 9.78. The van der Waals surface area contributed by atoms with Gasteiger partial charge in [-0.25, -0.2) is 0 Å². The first-order valence-corrected chi connectivity index (χ1v) is 16.0. The molecule has 0 aliphatic carbocycles. The maximum absolute atomic E-state index is 13.9. The lowest BCUT2D eigenvalue weighted by molar-refractivity contribution is -0.112. The molecule has 0 aromatic heterocycles. The van der Waals surface area contributed by atoms with Crippen molar-refractivity contribution < 1.29 is 59.2 Å². The highest BCUT2D eigenvalue weighted by Gasteiger charge is 2.49. The number of fused-ring (bicyclic) bond motifs is 14. The van der Waals surface area contributed by atoms with Crippen molar-refractivity contribution in [3.05, 3.63) is 52.8 Å². The van der Waals surface area contributed by atoms with Crippen LogP contribution in [0.2, 0.25) is 0 Å². The van der Waals surface area contributed by atoms with E-state index in [4.69, 9.17) is 14.2 Å². The number of benzene rings is 2. The van der Waals surface area contributed by atoms with Crippen LogP contribution < -0.4 is 10.1 Å². The number of methoxy groups -OCH3 is 1. The van der Waals surface area contributed by atoms with E-state index in [1.807, 2.05) is 0 Å². The molecular formula is C36H45NO12. The molecule has 7 N–H and O–H groups in total. The number of aliphatic hydroxyl groups excluding tert-OH is 3. The van der Waals surface area contributed by atoms with Gasteiger partial charge in [0.2, 0.25) is 0 Å². The minimum absolute atomic E-state index is 0.00862. The Morgan fingerprint density at radius 2 is 1.49 bits per heavy atom. The second kappa shape index (κ2) is 14.2. The predicted molar refractivity (Wildman–Crippen MR) is 180 cm³/mol. The second-order valence-electron chi connectivity index (χ2n) is 13.2. The van der Waals surface area contributed by atoms with Gasteiger partial charge < -0.3 is 50.2 Å². The first-order chi connectivity index (χ1) is 22.9. The molecule has 9 atom stereocenters. The third kappa shape index (κ3) is 6.51. The molecule has 0 saturated heterocycles. The maximum Gasteiger partial charge on any atom is 0.312 e. The van der Waals surface area contributed by atoms with Crippen molar-refractivity contribution in [3.63, 3.8) is 0 Å². The number of aliphatic hydroxyl groups is 3. The minimum atomic E-state index is -2.05. The fourth-order valence-corrected chi connectivity index (χ4v) is 6.47. The topological polar surface area (TPSA) is 212 Å². The van der Waals surface area contributed by atoms with Crippen LogP contribution in [0.25, 0.3) is 10.8 Å². The van der Waals surface area contributed by atoms with E-state index in [9.17, 15) is 45.0 Å². The number of allylic oxidation sites excluding steroid dienone is 2. The monoisotopic (exact) mass is 683 g/mol. The summed E-state index contributed by atoms with van der Waals surface area (Å²) in [6, 6.07) is 0. The van der Waals surface area contributed by atoms with Crippen molar-refractivity contribution >= 4 is 34.4 Å². The van der Waals surface area contributed by atoms with Gasteiger partial charge in [0, 0.05) is 54.2 Å². The van der Waals surface area contributed by atoms with Crippen molar-refractivity contribution in [2.24, 2.45) is 23.7 Å². The number of aldehydes is 1. The molecule has 0 unspecified atom stereocenters. The Morgan fingerprint density at radius 1 is 0.878 bits per heavy atom. The maximum atomic E-state index is 13.9. The molecule has 0 saturated carbocycles. The van der Waals surface area contributed by atoms with E-state index in [1.165, 1.54) is 46.1 Å². The number of amides is 1. The molecule has 5 bridgehead atoms. The summed E-state index contributed by atoms with van der Waals surface area (Å²) in [6.07, 6.45) is 3.34. The number of hydrogen-bond acceptors (Lipinski definition) is 12. The van der Waals surface area contributed by atoms with Gasteiger partial charge in [0.05, 0.1) is 52.9 Å². The number of phenols is 3. The SMILES string of the molecule is CO[C@H]1C=CO[C@@]2(C)Oc3c(C)c(O)c4c(O)c(c(C=O)c(O)c4c3C2=O)NC(=O)C(C)=CC=C[C@H](C)[C@H](O)[C@@H](C)[C@@H](O)[C@@H](C)[C@H](O)[C@@H]1C. The summed E-state index contributed by atoms with van der Waals surface area (Å²) in [5.41, 5.74) is -1.21. The average Bonchev–Trinajstić information content (AvgIpc) is 3.34. The van der Waals surface area contributed by atoms with E-state index in [0.29, 0.717) is 0 Å². The van der Waals surface area contributed by atoms with Crippen LogP contribution in [-0.2, 0) is 14.3 Å². The Balaban J connectivity index is 1.91. The van der Waals surface area contributed by atoms with Gasteiger partial charge in [-0.05, 0) is 19.9 Å². The highest BCUT2D eigenvalue weighted by molar-refractivity contribution is 6.23. The third-order valence-corrected chi connectivity index (χ3v) is 9.89. The van der Waals surface area contributed by atoms with Gasteiger partial charge in [-0.15, -0.1) is 0 Å². The normalized spacial score (nSPS) is 31.4.